The molecule has 1 aliphatic heterocycles. The molecule has 2 aromatic carbocycles. The highest BCUT2D eigenvalue weighted by molar-refractivity contribution is 7.59. The molecule has 0 N–H and O–H groups in total. The van der Waals surface area contributed by atoms with Crippen molar-refractivity contribution in [1.29, 1.82) is 0 Å². The molecule has 4 rings (SSSR count). The van der Waals surface area contributed by atoms with Crippen LogP contribution < -0.4 is 4.90 Å². The van der Waals surface area contributed by atoms with Gasteiger partial charge in [-0.2, -0.15) is 45.3 Å². The highest BCUT2D eigenvalue weighted by atomic mass is 32.1. The van der Waals surface area contributed by atoms with Crippen molar-refractivity contribution in [2.24, 2.45) is 5.92 Å². The van der Waals surface area contributed by atoms with E-state index in [0.29, 0.717) is 22.4 Å². The number of aromatic nitrogens is 2. The lowest BCUT2D eigenvalue weighted by Crippen LogP contribution is -2.45. The molecule has 0 aliphatic carbocycles. The van der Waals surface area contributed by atoms with Crippen LogP contribution in [0.25, 0.3) is 0 Å². The zero-order chi connectivity index (χ0) is 25.5. The Morgan fingerprint density at radius 1 is 1.05 bits per heavy atom. The monoisotopic (exact) mass is 555 g/mol. The van der Waals surface area contributed by atoms with Gasteiger partial charge in [-0.1, -0.05) is 35.9 Å². The van der Waals surface area contributed by atoms with Crippen molar-refractivity contribution in [3.05, 3.63) is 82.3 Å². The normalized spacial score (nSPS) is 17.1. The van der Waals surface area contributed by atoms with Gasteiger partial charge in [0.1, 0.15) is 18.2 Å². The Kier molecular flexibility index (Phi) is 9.64. The maximum atomic E-state index is 13.7. The van der Waals surface area contributed by atoms with Gasteiger partial charge in [-0.25, -0.2) is 9.07 Å². The Hall–Kier alpha value is -2.79. The Bertz CT molecular complexity index is 1280. The molecule has 3 aromatic rings. The molecule has 1 amide bonds. The van der Waals surface area contributed by atoms with E-state index in [1.54, 1.807) is 32.0 Å². The van der Waals surface area contributed by atoms with Crippen LogP contribution in [0.2, 0.25) is 0 Å². The predicted molar refractivity (Wildman–Crippen MR) is 144 cm³/mol. The van der Waals surface area contributed by atoms with Crippen LogP contribution >= 0.6 is 27.0 Å². The molecule has 0 fully saturated rings. The SMILES string of the molecule is CCN1C(=O)[C@@H](CC(=O)c2cccc(C)c2)[C@@H](c2ccc(F)cc2)c2c(C)nn(CC(F)(F)F)c21.S.S. The highest BCUT2D eigenvalue weighted by Gasteiger charge is 2.46. The summed E-state index contributed by atoms with van der Waals surface area (Å²) in [4.78, 5) is 28.2. The molecular weight excluding hydrogens is 526 g/mol. The fraction of sp³-hybridized carbons (Fsp3) is 0.346. The van der Waals surface area contributed by atoms with Gasteiger partial charge in [0.05, 0.1) is 11.6 Å². The van der Waals surface area contributed by atoms with E-state index in [2.05, 4.69) is 5.10 Å². The Morgan fingerprint density at radius 3 is 2.27 bits per heavy atom. The molecule has 2 atom stereocenters. The Balaban J connectivity index is 0.00000241. The number of nitrogens with zero attached hydrogens (tertiary/aromatic N) is 3. The van der Waals surface area contributed by atoms with Crippen LogP contribution in [-0.4, -0.2) is 34.2 Å². The lowest BCUT2D eigenvalue weighted by atomic mass is 9.74. The Labute approximate surface area is 226 Å². The first-order valence-corrected chi connectivity index (χ1v) is 11.3. The van der Waals surface area contributed by atoms with E-state index in [1.807, 2.05) is 13.0 Å². The summed E-state index contributed by atoms with van der Waals surface area (Å²) in [6.07, 6.45) is -4.69. The molecule has 0 unspecified atom stereocenters. The van der Waals surface area contributed by atoms with Crippen LogP contribution in [0.15, 0.2) is 48.5 Å². The fourth-order valence-electron chi connectivity index (χ4n) is 4.88. The average Bonchev–Trinajstić information content (AvgIpc) is 3.09. The molecule has 0 spiro atoms. The number of amides is 1. The van der Waals surface area contributed by atoms with Crippen LogP contribution in [-0.2, 0) is 11.3 Å². The third kappa shape index (κ3) is 6.20. The number of carbonyl (C=O) groups is 2. The fourth-order valence-corrected chi connectivity index (χ4v) is 4.88. The van der Waals surface area contributed by atoms with Crippen molar-refractivity contribution in [2.75, 3.05) is 11.4 Å². The largest absolute Gasteiger partial charge is 0.408 e. The van der Waals surface area contributed by atoms with Gasteiger partial charge in [0.2, 0.25) is 5.91 Å². The summed E-state index contributed by atoms with van der Waals surface area (Å²) < 4.78 is 54.5. The number of anilines is 1. The second-order valence-electron chi connectivity index (χ2n) is 8.81. The minimum atomic E-state index is -4.54. The summed E-state index contributed by atoms with van der Waals surface area (Å²) in [5.41, 5.74) is 2.66. The minimum absolute atomic E-state index is 0. The number of alkyl halides is 3. The molecule has 2 heterocycles. The topological polar surface area (TPSA) is 55.2 Å². The molecule has 37 heavy (non-hydrogen) atoms. The number of Topliss-reactive ketones (excluding diaryl/α,β-unsaturated/α-hetero) is 1. The number of halogens is 4. The van der Waals surface area contributed by atoms with Crippen LogP contribution in [0.4, 0.5) is 23.4 Å². The van der Waals surface area contributed by atoms with Crippen molar-refractivity contribution in [3.8, 4) is 0 Å². The van der Waals surface area contributed by atoms with E-state index in [9.17, 15) is 27.2 Å². The van der Waals surface area contributed by atoms with E-state index in [1.165, 1.54) is 29.2 Å². The molecule has 0 saturated carbocycles. The van der Waals surface area contributed by atoms with Gasteiger partial charge in [-0.3, -0.25) is 14.5 Å². The van der Waals surface area contributed by atoms with E-state index >= 15 is 0 Å². The van der Waals surface area contributed by atoms with Gasteiger partial charge in [-0.05, 0) is 44.5 Å². The number of ketones is 1. The molecule has 1 aromatic heterocycles. The first-order chi connectivity index (χ1) is 16.5. The maximum Gasteiger partial charge on any atom is 0.408 e. The number of aryl methyl sites for hydroxylation is 2. The number of hydrogen-bond acceptors (Lipinski definition) is 3. The Morgan fingerprint density at radius 2 is 1.70 bits per heavy atom. The first-order valence-electron chi connectivity index (χ1n) is 11.3. The third-order valence-corrected chi connectivity index (χ3v) is 6.32. The summed E-state index contributed by atoms with van der Waals surface area (Å²) in [6.45, 7) is 3.87. The molecule has 200 valence electrons. The second kappa shape index (κ2) is 11.7. The summed E-state index contributed by atoms with van der Waals surface area (Å²) in [7, 11) is 0. The van der Waals surface area contributed by atoms with Crippen molar-refractivity contribution >= 4 is 44.5 Å². The van der Waals surface area contributed by atoms with Gasteiger partial charge >= 0.3 is 6.18 Å². The average molecular weight is 556 g/mol. The van der Waals surface area contributed by atoms with E-state index in [0.717, 1.165) is 10.2 Å². The third-order valence-electron chi connectivity index (χ3n) is 6.32. The van der Waals surface area contributed by atoms with Crippen molar-refractivity contribution < 1.29 is 27.2 Å². The number of hydrogen-bond donors (Lipinski definition) is 0. The van der Waals surface area contributed by atoms with Crippen LogP contribution in [0.1, 0.15) is 52.0 Å². The second-order valence-corrected chi connectivity index (χ2v) is 8.81. The zero-order valence-electron chi connectivity index (χ0n) is 20.6. The number of benzene rings is 2. The van der Waals surface area contributed by atoms with Crippen LogP contribution in [0, 0.1) is 25.6 Å². The molecule has 5 nitrogen and oxygen atoms in total. The smallest absolute Gasteiger partial charge is 0.297 e. The predicted octanol–water partition coefficient (Wildman–Crippen LogP) is 5.81. The van der Waals surface area contributed by atoms with Crippen molar-refractivity contribution in [2.45, 2.75) is 45.8 Å². The van der Waals surface area contributed by atoms with Gasteiger partial charge in [0.15, 0.2) is 5.78 Å². The number of fused-ring (bicyclic) bond motifs is 1. The van der Waals surface area contributed by atoms with Gasteiger partial charge in [0, 0.05) is 30.0 Å². The minimum Gasteiger partial charge on any atom is -0.297 e. The molecule has 1 aliphatic rings. The molecule has 0 radical (unpaired) electrons. The van der Waals surface area contributed by atoms with Crippen LogP contribution in [0.3, 0.4) is 0 Å². The molecule has 11 heteroatoms. The number of rotatable bonds is 6. The van der Waals surface area contributed by atoms with Gasteiger partial charge < -0.3 is 0 Å². The lowest BCUT2D eigenvalue weighted by Gasteiger charge is -2.38. The quantitative estimate of drug-likeness (QED) is 0.285. The van der Waals surface area contributed by atoms with E-state index in [4.69, 9.17) is 0 Å². The van der Waals surface area contributed by atoms with E-state index < -0.39 is 36.3 Å². The molecular formula is C26H29F4N3O2S2. The summed E-state index contributed by atoms with van der Waals surface area (Å²) in [5.74, 6) is -2.76. The van der Waals surface area contributed by atoms with Gasteiger partial charge in [-0.15, -0.1) is 0 Å². The lowest BCUT2D eigenvalue weighted by molar-refractivity contribution is -0.142. The molecule has 0 bridgehead atoms. The van der Waals surface area contributed by atoms with Crippen molar-refractivity contribution in [3.63, 3.8) is 0 Å². The molecule has 0 saturated heterocycles. The zero-order valence-corrected chi connectivity index (χ0v) is 22.6. The standard InChI is InChI=1S/C26H25F4N3O2.2H2S/c1-4-32-24-22(16(3)31-33(24)14-26(28,29)30)23(17-8-10-19(27)11-9-17)20(25(32)35)13-21(34)18-7-5-6-15(2)12-18;;/h5-12,20,23H,4,13-14H2,1-3H3;2*1H2/t20-,23+;;/m0../s1. The summed E-state index contributed by atoms with van der Waals surface area (Å²) >= 11 is 0. The highest BCUT2D eigenvalue weighted by Crippen LogP contribution is 2.47. The number of carbonyl (C=O) groups excluding carboxylic acids is 2. The van der Waals surface area contributed by atoms with Crippen molar-refractivity contribution in [1.82, 2.24) is 9.78 Å². The first kappa shape index (κ1) is 30.4. The van der Waals surface area contributed by atoms with Crippen LogP contribution in [0.5, 0.6) is 0 Å². The maximum absolute atomic E-state index is 13.7. The summed E-state index contributed by atoms with van der Waals surface area (Å²) in [5, 5.41) is 4.13. The van der Waals surface area contributed by atoms with Gasteiger partial charge in [0.25, 0.3) is 0 Å². The summed E-state index contributed by atoms with van der Waals surface area (Å²) in [6, 6.07) is 12.5. The van der Waals surface area contributed by atoms with E-state index in [-0.39, 0.29) is 51.6 Å².